The van der Waals surface area contributed by atoms with Crippen LogP contribution >= 0.6 is 22.7 Å². The first-order valence-corrected chi connectivity index (χ1v) is 6.07. The summed E-state index contributed by atoms with van der Waals surface area (Å²) in [5.41, 5.74) is 2.45. The maximum absolute atomic E-state index is 4.58. The van der Waals surface area contributed by atoms with Crippen LogP contribution in [0.2, 0.25) is 0 Å². The molecule has 0 aliphatic carbocycles. The molecule has 2 heterocycles. The highest BCUT2D eigenvalue weighted by molar-refractivity contribution is 7.14. The molecule has 2 rings (SSSR count). The van der Waals surface area contributed by atoms with Crippen LogP contribution in [-0.2, 0) is 0 Å². The molecule has 13 heavy (non-hydrogen) atoms. The molecule has 0 aromatic carbocycles. The number of hydrogen-bond acceptors (Lipinski definition) is 3. The molecule has 0 radical (unpaired) electrons. The predicted molar refractivity (Wildman–Crippen MR) is 59.5 cm³/mol. The lowest BCUT2D eigenvalue weighted by Gasteiger charge is -1.96. The van der Waals surface area contributed by atoms with Crippen molar-refractivity contribution in [3.63, 3.8) is 0 Å². The Morgan fingerprint density at radius 1 is 1.31 bits per heavy atom. The first-order valence-electron chi connectivity index (χ1n) is 4.25. The molecule has 0 bridgehead atoms. The summed E-state index contributed by atoms with van der Waals surface area (Å²) in [5.74, 6) is 0.531. The first kappa shape index (κ1) is 8.91. The van der Waals surface area contributed by atoms with E-state index in [0.29, 0.717) is 5.92 Å². The fourth-order valence-corrected chi connectivity index (χ4v) is 2.76. The van der Waals surface area contributed by atoms with E-state index >= 15 is 0 Å². The van der Waals surface area contributed by atoms with Gasteiger partial charge in [-0.25, -0.2) is 4.98 Å². The van der Waals surface area contributed by atoms with Crippen LogP contribution in [0.5, 0.6) is 0 Å². The fraction of sp³-hybridized carbons (Fsp3) is 0.300. The Morgan fingerprint density at radius 3 is 2.69 bits per heavy atom. The van der Waals surface area contributed by atoms with E-state index in [4.69, 9.17) is 0 Å². The molecule has 0 saturated heterocycles. The monoisotopic (exact) mass is 209 g/mol. The van der Waals surface area contributed by atoms with Crippen molar-refractivity contribution in [1.29, 1.82) is 0 Å². The standard InChI is InChI=1S/C10H11NS2/c1-7(2)9-6-13-10(11-9)8-3-4-12-5-8/h3-7H,1-2H3. The number of thiophene rings is 1. The Kier molecular flexibility index (Phi) is 2.47. The van der Waals surface area contributed by atoms with Gasteiger partial charge in [-0.2, -0.15) is 11.3 Å². The van der Waals surface area contributed by atoms with Crippen molar-refractivity contribution in [1.82, 2.24) is 4.98 Å². The van der Waals surface area contributed by atoms with E-state index in [1.54, 1.807) is 22.7 Å². The Bertz CT molecular complexity index is 373. The van der Waals surface area contributed by atoms with Crippen LogP contribution in [0.15, 0.2) is 22.2 Å². The molecule has 0 aliphatic rings. The molecule has 1 nitrogen and oxygen atoms in total. The van der Waals surface area contributed by atoms with Gasteiger partial charge in [0.15, 0.2) is 0 Å². The Morgan fingerprint density at radius 2 is 2.15 bits per heavy atom. The normalized spacial score (nSPS) is 11.0. The van der Waals surface area contributed by atoms with E-state index in [1.807, 2.05) is 0 Å². The second-order valence-corrected chi connectivity index (χ2v) is 4.88. The van der Waals surface area contributed by atoms with E-state index in [2.05, 4.69) is 41.0 Å². The van der Waals surface area contributed by atoms with Gasteiger partial charge in [-0.15, -0.1) is 11.3 Å². The molecule has 0 N–H and O–H groups in total. The van der Waals surface area contributed by atoms with E-state index in [1.165, 1.54) is 11.3 Å². The summed E-state index contributed by atoms with van der Waals surface area (Å²) in [5, 5.41) is 7.52. The Hall–Kier alpha value is -0.670. The van der Waals surface area contributed by atoms with Crippen molar-refractivity contribution in [2.75, 3.05) is 0 Å². The van der Waals surface area contributed by atoms with Gasteiger partial charge in [-0.05, 0) is 17.4 Å². The van der Waals surface area contributed by atoms with Crippen LogP contribution in [0.3, 0.4) is 0 Å². The van der Waals surface area contributed by atoms with Crippen molar-refractivity contribution >= 4 is 22.7 Å². The summed E-state index contributed by atoms with van der Waals surface area (Å²) in [7, 11) is 0. The fourth-order valence-electron chi connectivity index (χ4n) is 1.07. The summed E-state index contributed by atoms with van der Waals surface area (Å²) < 4.78 is 0. The highest BCUT2D eigenvalue weighted by atomic mass is 32.1. The zero-order valence-corrected chi connectivity index (χ0v) is 9.28. The van der Waals surface area contributed by atoms with E-state index in [-0.39, 0.29) is 0 Å². The topological polar surface area (TPSA) is 12.9 Å². The van der Waals surface area contributed by atoms with Gasteiger partial charge in [-0.1, -0.05) is 13.8 Å². The quantitative estimate of drug-likeness (QED) is 0.728. The molecule has 0 amide bonds. The summed E-state index contributed by atoms with van der Waals surface area (Å²) in [6, 6.07) is 2.12. The third-order valence-corrected chi connectivity index (χ3v) is 3.47. The van der Waals surface area contributed by atoms with Gasteiger partial charge in [0, 0.05) is 16.3 Å². The molecule has 0 unspecified atom stereocenters. The second-order valence-electron chi connectivity index (χ2n) is 3.24. The van der Waals surface area contributed by atoms with Crippen LogP contribution in [0.1, 0.15) is 25.5 Å². The smallest absolute Gasteiger partial charge is 0.124 e. The van der Waals surface area contributed by atoms with Crippen LogP contribution < -0.4 is 0 Å². The minimum atomic E-state index is 0.531. The third kappa shape index (κ3) is 1.81. The lowest BCUT2D eigenvalue weighted by atomic mass is 10.2. The minimum Gasteiger partial charge on any atom is -0.241 e. The number of thiazole rings is 1. The van der Waals surface area contributed by atoms with Gasteiger partial charge in [0.25, 0.3) is 0 Å². The SMILES string of the molecule is CC(C)c1csc(-c2ccsc2)n1. The van der Waals surface area contributed by atoms with Gasteiger partial charge in [0.1, 0.15) is 5.01 Å². The first-order chi connectivity index (χ1) is 6.27. The molecule has 2 aromatic heterocycles. The average molecular weight is 209 g/mol. The zero-order chi connectivity index (χ0) is 9.26. The predicted octanol–water partition coefficient (Wildman–Crippen LogP) is 4.00. The van der Waals surface area contributed by atoms with Gasteiger partial charge >= 0.3 is 0 Å². The van der Waals surface area contributed by atoms with Crippen LogP contribution in [0.4, 0.5) is 0 Å². The molecule has 0 spiro atoms. The Labute approximate surface area is 86.1 Å². The van der Waals surface area contributed by atoms with Crippen molar-refractivity contribution in [2.45, 2.75) is 19.8 Å². The highest BCUT2D eigenvalue weighted by Gasteiger charge is 2.06. The van der Waals surface area contributed by atoms with E-state index in [0.717, 1.165) is 5.01 Å². The molecule has 2 aromatic rings. The van der Waals surface area contributed by atoms with Crippen molar-refractivity contribution < 1.29 is 0 Å². The largest absolute Gasteiger partial charge is 0.241 e. The molecule has 0 atom stereocenters. The second kappa shape index (κ2) is 3.60. The van der Waals surface area contributed by atoms with Crippen molar-refractivity contribution in [3.05, 3.63) is 27.9 Å². The van der Waals surface area contributed by atoms with Gasteiger partial charge in [-0.3, -0.25) is 0 Å². The molecular weight excluding hydrogens is 198 g/mol. The summed E-state index contributed by atoms with van der Waals surface area (Å²) >= 11 is 3.45. The molecular formula is C10H11NS2. The van der Waals surface area contributed by atoms with Gasteiger partial charge in [0.2, 0.25) is 0 Å². The molecule has 0 fully saturated rings. The Balaban J connectivity index is 2.33. The maximum atomic E-state index is 4.58. The summed E-state index contributed by atoms with van der Waals surface area (Å²) in [6.45, 7) is 4.35. The number of aromatic nitrogens is 1. The number of rotatable bonds is 2. The molecule has 0 aliphatic heterocycles. The van der Waals surface area contributed by atoms with Crippen molar-refractivity contribution in [2.24, 2.45) is 0 Å². The minimum absolute atomic E-state index is 0.531. The van der Waals surface area contributed by atoms with Gasteiger partial charge in [0.05, 0.1) is 5.69 Å². The molecule has 3 heteroatoms. The molecule has 68 valence electrons. The maximum Gasteiger partial charge on any atom is 0.124 e. The number of hydrogen-bond donors (Lipinski definition) is 0. The zero-order valence-electron chi connectivity index (χ0n) is 7.65. The third-order valence-electron chi connectivity index (χ3n) is 1.88. The number of nitrogens with zero attached hydrogens (tertiary/aromatic N) is 1. The lowest BCUT2D eigenvalue weighted by Crippen LogP contribution is -1.85. The average Bonchev–Trinajstić information content (AvgIpc) is 2.75. The molecule has 0 saturated carbocycles. The highest BCUT2D eigenvalue weighted by Crippen LogP contribution is 2.27. The summed E-state index contributed by atoms with van der Waals surface area (Å²) in [4.78, 5) is 4.58. The van der Waals surface area contributed by atoms with Crippen LogP contribution in [-0.4, -0.2) is 4.98 Å². The van der Waals surface area contributed by atoms with E-state index < -0.39 is 0 Å². The van der Waals surface area contributed by atoms with Crippen LogP contribution in [0, 0.1) is 0 Å². The van der Waals surface area contributed by atoms with Crippen LogP contribution in [0.25, 0.3) is 10.6 Å². The lowest BCUT2D eigenvalue weighted by molar-refractivity contribution is 0.834. The summed E-state index contributed by atoms with van der Waals surface area (Å²) in [6.07, 6.45) is 0. The van der Waals surface area contributed by atoms with Crippen molar-refractivity contribution in [3.8, 4) is 10.6 Å². The van der Waals surface area contributed by atoms with Gasteiger partial charge < -0.3 is 0 Å². The van der Waals surface area contributed by atoms with E-state index in [9.17, 15) is 0 Å².